The maximum absolute atomic E-state index is 13.3. The van der Waals surface area contributed by atoms with E-state index in [9.17, 15) is 14.7 Å². The van der Waals surface area contributed by atoms with E-state index in [2.05, 4.69) is 18.3 Å². The van der Waals surface area contributed by atoms with Gasteiger partial charge >= 0.3 is 5.97 Å². The Labute approximate surface area is 198 Å². The van der Waals surface area contributed by atoms with Gasteiger partial charge in [0.1, 0.15) is 11.3 Å². The van der Waals surface area contributed by atoms with Crippen LogP contribution >= 0.6 is 0 Å². The molecule has 3 atom stereocenters. The quantitative estimate of drug-likeness (QED) is 0.388. The molecule has 0 amide bonds. The molecule has 1 aliphatic heterocycles. The number of carbonyl (C=O) groups is 1. The van der Waals surface area contributed by atoms with Crippen LogP contribution in [0.1, 0.15) is 57.9 Å². The SMILES string of the molecule is Cc1cc(C(C)C2CC(c3ccccc3C(=O)O)N2)c2oc(-c3ccccc3)c(C)c(=O)c2c1. The van der Waals surface area contributed by atoms with Gasteiger partial charge in [0.15, 0.2) is 5.43 Å². The zero-order valence-electron chi connectivity index (χ0n) is 19.5. The second-order valence-corrected chi connectivity index (χ2v) is 9.22. The largest absolute Gasteiger partial charge is 0.478 e. The van der Waals surface area contributed by atoms with Crippen LogP contribution in [0.2, 0.25) is 0 Å². The van der Waals surface area contributed by atoms with E-state index in [1.807, 2.05) is 62.4 Å². The van der Waals surface area contributed by atoms with Gasteiger partial charge in [0, 0.05) is 34.7 Å². The average molecular weight is 454 g/mol. The van der Waals surface area contributed by atoms with E-state index < -0.39 is 5.97 Å². The normalized spacial score (nSPS) is 18.4. The van der Waals surface area contributed by atoms with Gasteiger partial charge in [-0.25, -0.2) is 4.79 Å². The second-order valence-electron chi connectivity index (χ2n) is 9.22. The van der Waals surface area contributed by atoms with Crippen LogP contribution in [0, 0.1) is 13.8 Å². The summed E-state index contributed by atoms with van der Waals surface area (Å²) in [5, 5.41) is 13.7. The molecule has 1 saturated heterocycles. The van der Waals surface area contributed by atoms with Crippen molar-refractivity contribution >= 4 is 16.9 Å². The summed E-state index contributed by atoms with van der Waals surface area (Å²) >= 11 is 0. The number of rotatable bonds is 5. The standard InChI is InChI=1S/C29H27NO4/c1-16-13-22(17(2)24-15-25(30-24)20-11-7-8-12-21(20)29(32)33)28-23(14-16)26(31)18(3)27(34-28)19-9-5-4-6-10-19/h4-14,17,24-25,30H,15H2,1-3H3,(H,32,33). The third kappa shape index (κ3) is 3.72. The third-order valence-corrected chi connectivity index (χ3v) is 6.99. The summed E-state index contributed by atoms with van der Waals surface area (Å²) in [6.45, 7) is 5.94. The number of aromatic carboxylic acids is 1. The van der Waals surface area contributed by atoms with Crippen LogP contribution in [0.15, 0.2) is 75.9 Å². The number of carboxylic acid groups (broad SMARTS) is 1. The van der Waals surface area contributed by atoms with Crippen LogP contribution < -0.4 is 10.7 Å². The minimum atomic E-state index is -0.913. The van der Waals surface area contributed by atoms with E-state index in [0.29, 0.717) is 27.9 Å². The van der Waals surface area contributed by atoms with E-state index >= 15 is 0 Å². The first-order valence-electron chi connectivity index (χ1n) is 11.6. The van der Waals surface area contributed by atoms with Gasteiger partial charge in [0.05, 0.1) is 10.9 Å². The molecule has 0 saturated carbocycles. The third-order valence-electron chi connectivity index (χ3n) is 6.99. The fourth-order valence-corrected chi connectivity index (χ4v) is 5.04. The number of aryl methyl sites for hydroxylation is 1. The van der Waals surface area contributed by atoms with Crippen LogP contribution in [0.5, 0.6) is 0 Å². The van der Waals surface area contributed by atoms with Crippen molar-refractivity contribution in [3.05, 3.63) is 105 Å². The summed E-state index contributed by atoms with van der Waals surface area (Å²) in [6.07, 6.45) is 0.808. The van der Waals surface area contributed by atoms with Crippen LogP contribution in [0.3, 0.4) is 0 Å². The monoisotopic (exact) mass is 453 g/mol. The highest BCUT2D eigenvalue weighted by Crippen LogP contribution is 2.40. The molecular formula is C29H27NO4. The Bertz CT molecular complexity index is 1450. The van der Waals surface area contributed by atoms with Crippen molar-refractivity contribution in [1.82, 2.24) is 5.32 Å². The summed E-state index contributed by atoms with van der Waals surface area (Å²) < 4.78 is 6.44. The summed E-state index contributed by atoms with van der Waals surface area (Å²) in [5.74, 6) is -0.237. The van der Waals surface area contributed by atoms with Gasteiger partial charge in [-0.2, -0.15) is 0 Å². The highest BCUT2D eigenvalue weighted by Gasteiger charge is 2.36. The molecule has 1 fully saturated rings. The Morgan fingerprint density at radius 2 is 1.74 bits per heavy atom. The maximum Gasteiger partial charge on any atom is 0.336 e. The molecule has 3 unspecified atom stereocenters. The Morgan fingerprint density at radius 3 is 2.44 bits per heavy atom. The summed E-state index contributed by atoms with van der Waals surface area (Å²) in [5.41, 5.74) is 5.26. The zero-order valence-corrected chi connectivity index (χ0v) is 19.5. The molecule has 0 radical (unpaired) electrons. The Morgan fingerprint density at radius 1 is 1.06 bits per heavy atom. The summed E-state index contributed by atoms with van der Waals surface area (Å²) in [6, 6.07) is 21.0. The van der Waals surface area contributed by atoms with E-state index in [0.717, 1.165) is 28.7 Å². The fourth-order valence-electron chi connectivity index (χ4n) is 5.04. The lowest BCUT2D eigenvalue weighted by molar-refractivity contribution is 0.0693. The van der Waals surface area contributed by atoms with E-state index in [1.54, 1.807) is 12.1 Å². The molecule has 172 valence electrons. The Balaban J connectivity index is 1.52. The molecule has 1 aliphatic rings. The predicted molar refractivity (Wildman–Crippen MR) is 133 cm³/mol. The highest BCUT2D eigenvalue weighted by atomic mass is 16.4. The van der Waals surface area contributed by atoms with Gasteiger partial charge in [0.2, 0.25) is 0 Å². The first-order chi connectivity index (χ1) is 16.3. The average Bonchev–Trinajstić information content (AvgIpc) is 2.81. The van der Waals surface area contributed by atoms with Gasteiger partial charge in [0.25, 0.3) is 0 Å². The first kappa shape index (κ1) is 22.1. The molecule has 5 rings (SSSR count). The number of nitrogens with one attached hydrogen (secondary N) is 1. The van der Waals surface area contributed by atoms with Crippen molar-refractivity contribution < 1.29 is 14.3 Å². The number of benzene rings is 3. The molecule has 1 aromatic heterocycles. The lowest BCUT2D eigenvalue weighted by Gasteiger charge is -2.42. The fraction of sp³-hybridized carbons (Fsp3) is 0.241. The first-order valence-corrected chi connectivity index (χ1v) is 11.6. The van der Waals surface area contributed by atoms with Gasteiger partial charge in [-0.05, 0) is 43.5 Å². The summed E-state index contributed by atoms with van der Waals surface area (Å²) in [4.78, 5) is 24.9. The molecule has 3 aromatic carbocycles. The van der Waals surface area contributed by atoms with Gasteiger partial charge < -0.3 is 14.8 Å². The van der Waals surface area contributed by atoms with Crippen LogP contribution in [0.4, 0.5) is 0 Å². The molecule has 0 bridgehead atoms. The molecule has 5 heteroatoms. The number of hydrogen-bond donors (Lipinski definition) is 2. The van der Waals surface area contributed by atoms with Crippen molar-refractivity contribution in [2.75, 3.05) is 0 Å². The molecular weight excluding hydrogens is 426 g/mol. The second kappa shape index (κ2) is 8.58. The molecule has 2 N–H and O–H groups in total. The summed E-state index contributed by atoms with van der Waals surface area (Å²) in [7, 11) is 0. The van der Waals surface area contributed by atoms with Gasteiger partial charge in [-0.1, -0.05) is 61.5 Å². The lowest BCUT2D eigenvalue weighted by atomic mass is 9.79. The van der Waals surface area contributed by atoms with Crippen molar-refractivity contribution in [1.29, 1.82) is 0 Å². The smallest absolute Gasteiger partial charge is 0.336 e. The maximum atomic E-state index is 13.3. The van der Waals surface area contributed by atoms with E-state index in [1.165, 1.54) is 0 Å². The number of carboxylic acids is 1. The minimum absolute atomic E-state index is 0.00733. The van der Waals surface area contributed by atoms with E-state index in [-0.39, 0.29) is 23.4 Å². The van der Waals surface area contributed by atoms with Gasteiger partial charge in [-0.15, -0.1) is 0 Å². The highest BCUT2D eigenvalue weighted by molar-refractivity contribution is 5.89. The van der Waals surface area contributed by atoms with Crippen molar-refractivity contribution in [2.24, 2.45) is 0 Å². The van der Waals surface area contributed by atoms with Crippen molar-refractivity contribution in [3.63, 3.8) is 0 Å². The van der Waals surface area contributed by atoms with E-state index in [4.69, 9.17) is 4.42 Å². The van der Waals surface area contributed by atoms with Crippen LogP contribution in [-0.2, 0) is 0 Å². The molecule has 4 aromatic rings. The lowest BCUT2D eigenvalue weighted by Crippen LogP contribution is -2.49. The molecule has 34 heavy (non-hydrogen) atoms. The molecule has 2 heterocycles. The zero-order chi connectivity index (χ0) is 24.0. The van der Waals surface area contributed by atoms with Crippen LogP contribution in [-0.4, -0.2) is 17.1 Å². The molecule has 0 aliphatic carbocycles. The number of fused-ring (bicyclic) bond motifs is 1. The van der Waals surface area contributed by atoms with Gasteiger partial charge in [-0.3, -0.25) is 4.79 Å². The van der Waals surface area contributed by atoms with Crippen molar-refractivity contribution in [3.8, 4) is 11.3 Å². The van der Waals surface area contributed by atoms with Crippen LogP contribution in [0.25, 0.3) is 22.3 Å². The predicted octanol–water partition coefficient (Wildman–Crippen LogP) is 5.98. The molecule has 0 spiro atoms. The topological polar surface area (TPSA) is 79.5 Å². The molecule has 5 nitrogen and oxygen atoms in total. The number of hydrogen-bond acceptors (Lipinski definition) is 4. The Hall–Kier alpha value is -3.70. The van der Waals surface area contributed by atoms with Crippen molar-refractivity contribution in [2.45, 2.75) is 45.2 Å². The minimum Gasteiger partial charge on any atom is -0.478 e. The Kier molecular flexibility index (Phi) is 5.58.